The number of piperidine rings is 3. The van der Waals surface area contributed by atoms with Gasteiger partial charge in [0, 0.05) is 6.54 Å². The minimum Gasteiger partial charge on any atom is -0.330 e. The van der Waals surface area contributed by atoms with Crippen molar-refractivity contribution in [3.63, 3.8) is 0 Å². The van der Waals surface area contributed by atoms with Crippen molar-refractivity contribution < 1.29 is 0 Å². The number of hydrogen-bond acceptors (Lipinski definition) is 2. The summed E-state index contributed by atoms with van der Waals surface area (Å²) < 4.78 is 0. The predicted molar refractivity (Wildman–Crippen MR) is 55.5 cm³/mol. The summed E-state index contributed by atoms with van der Waals surface area (Å²) in [5, 5.41) is 0. The van der Waals surface area contributed by atoms with Crippen LogP contribution >= 0.6 is 0 Å². The van der Waals surface area contributed by atoms with Crippen molar-refractivity contribution in [1.82, 2.24) is 4.90 Å². The van der Waals surface area contributed by atoms with E-state index in [1.807, 2.05) is 0 Å². The molecule has 0 saturated carbocycles. The van der Waals surface area contributed by atoms with E-state index in [4.69, 9.17) is 5.73 Å². The van der Waals surface area contributed by atoms with Gasteiger partial charge in [-0.05, 0) is 56.7 Å². The van der Waals surface area contributed by atoms with E-state index in [0.29, 0.717) is 0 Å². The molecule has 0 spiro atoms. The van der Waals surface area contributed by atoms with E-state index in [2.05, 4.69) is 11.8 Å². The van der Waals surface area contributed by atoms with E-state index in [1.54, 1.807) is 0 Å². The highest BCUT2D eigenvalue weighted by molar-refractivity contribution is 4.87. The van der Waals surface area contributed by atoms with Gasteiger partial charge in [0.1, 0.15) is 0 Å². The van der Waals surface area contributed by atoms with E-state index >= 15 is 0 Å². The zero-order valence-electron chi connectivity index (χ0n) is 8.71. The molecule has 3 rings (SSSR count). The smallest absolute Gasteiger partial charge is 0.00124 e. The Balaban J connectivity index is 1.86. The normalized spacial score (nSPS) is 40.6. The summed E-state index contributed by atoms with van der Waals surface area (Å²) >= 11 is 0. The fourth-order valence-electron chi connectivity index (χ4n) is 2.97. The fraction of sp³-hybridized carbons (Fsp3) is 1.00. The van der Waals surface area contributed by atoms with E-state index in [1.165, 1.54) is 38.9 Å². The van der Waals surface area contributed by atoms with Gasteiger partial charge in [0.05, 0.1) is 0 Å². The second kappa shape index (κ2) is 3.97. The van der Waals surface area contributed by atoms with Crippen LogP contribution in [-0.4, -0.2) is 31.1 Å². The highest BCUT2D eigenvalue weighted by Crippen LogP contribution is 2.35. The van der Waals surface area contributed by atoms with Crippen molar-refractivity contribution in [1.29, 1.82) is 0 Å². The average molecular weight is 182 g/mol. The Labute approximate surface area is 81.5 Å². The average Bonchev–Trinajstić information content (AvgIpc) is 2.19. The van der Waals surface area contributed by atoms with Crippen LogP contribution in [0, 0.1) is 17.8 Å². The molecule has 0 aliphatic carbocycles. The van der Waals surface area contributed by atoms with Crippen LogP contribution in [0.15, 0.2) is 0 Å². The van der Waals surface area contributed by atoms with Gasteiger partial charge in [0.15, 0.2) is 0 Å². The Hall–Kier alpha value is -0.0800. The van der Waals surface area contributed by atoms with E-state index in [0.717, 1.165) is 24.3 Å². The molecule has 2 heteroatoms. The Morgan fingerprint density at radius 1 is 1.38 bits per heavy atom. The molecule has 0 aromatic heterocycles. The SMILES string of the molecule is CC(CN)CC1CN2CCC1CC2. The topological polar surface area (TPSA) is 29.3 Å². The molecule has 3 saturated heterocycles. The fourth-order valence-corrected chi connectivity index (χ4v) is 2.97. The van der Waals surface area contributed by atoms with Crippen molar-refractivity contribution in [3.8, 4) is 0 Å². The van der Waals surface area contributed by atoms with Gasteiger partial charge >= 0.3 is 0 Å². The molecule has 0 amide bonds. The first-order valence-corrected chi connectivity index (χ1v) is 5.72. The van der Waals surface area contributed by atoms with Gasteiger partial charge in [0.2, 0.25) is 0 Å². The number of fused-ring (bicyclic) bond motifs is 3. The van der Waals surface area contributed by atoms with Crippen LogP contribution < -0.4 is 5.73 Å². The monoisotopic (exact) mass is 182 g/mol. The molecule has 3 aliphatic rings. The quantitative estimate of drug-likeness (QED) is 0.713. The molecular formula is C11H22N2. The lowest BCUT2D eigenvalue weighted by Gasteiger charge is -2.45. The van der Waals surface area contributed by atoms with Crippen molar-refractivity contribution >= 4 is 0 Å². The van der Waals surface area contributed by atoms with Crippen LogP contribution in [0.3, 0.4) is 0 Å². The molecule has 0 aromatic rings. The summed E-state index contributed by atoms with van der Waals surface area (Å²) in [7, 11) is 0. The first-order valence-electron chi connectivity index (χ1n) is 5.72. The molecule has 76 valence electrons. The second-order valence-corrected chi connectivity index (χ2v) is 4.97. The lowest BCUT2D eigenvalue weighted by Crippen LogP contribution is -2.47. The first-order chi connectivity index (χ1) is 6.29. The molecule has 0 aromatic carbocycles. The van der Waals surface area contributed by atoms with E-state index < -0.39 is 0 Å². The predicted octanol–water partition coefficient (Wildman–Crippen LogP) is 1.31. The maximum absolute atomic E-state index is 5.67. The third kappa shape index (κ3) is 2.05. The van der Waals surface area contributed by atoms with Crippen LogP contribution in [0.5, 0.6) is 0 Å². The van der Waals surface area contributed by atoms with Gasteiger partial charge < -0.3 is 10.6 Å². The molecule has 3 heterocycles. The molecule has 2 bridgehead atoms. The Kier molecular flexibility index (Phi) is 2.89. The van der Waals surface area contributed by atoms with Gasteiger partial charge in [-0.15, -0.1) is 0 Å². The minimum absolute atomic E-state index is 0.727. The molecule has 2 N–H and O–H groups in total. The molecule has 3 aliphatic heterocycles. The summed E-state index contributed by atoms with van der Waals surface area (Å²) in [6, 6.07) is 0. The van der Waals surface area contributed by atoms with Crippen molar-refractivity contribution in [3.05, 3.63) is 0 Å². The van der Waals surface area contributed by atoms with Gasteiger partial charge in [-0.25, -0.2) is 0 Å². The van der Waals surface area contributed by atoms with E-state index in [9.17, 15) is 0 Å². The zero-order valence-corrected chi connectivity index (χ0v) is 8.71. The van der Waals surface area contributed by atoms with Crippen LogP contribution in [0.4, 0.5) is 0 Å². The van der Waals surface area contributed by atoms with Crippen molar-refractivity contribution in [2.45, 2.75) is 26.2 Å². The number of hydrogen-bond donors (Lipinski definition) is 1. The second-order valence-electron chi connectivity index (χ2n) is 4.97. The zero-order chi connectivity index (χ0) is 9.26. The van der Waals surface area contributed by atoms with Crippen LogP contribution in [0.2, 0.25) is 0 Å². The maximum atomic E-state index is 5.67. The molecule has 2 atom stereocenters. The van der Waals surface area contributed by atoms with Crippen molar-refractivity contribution in [2.24, 2.45) is 23.5 Å². The minimum atomic E-state index is 0.727. The summed E-state index contributed by atoms with van der Waals surface area (Å²) in [5.74, 6) is 2.71. The third-order valence-electron chi connectivity index (χ3n) is 3.90. The Morgan fingerprint density at radius 3 is 2.54 bits per heavy atom. The highest BCUT2D eigenvalue weighted by atomic mass is 15.1. The standard InChI is InChI=1S/C11H22N2/c1-9(7-12)6-11-8-13-4-2-10(11)3-5-13/h9-11H,2-8,12H2,1H3. The Bertz CT molecular complexity index is 161. The van der Waals surface area contributed by atoms with Gasteiger partial charge in [-0.1, -0.05) is 6.92 Å². The molecule has 0 radical (unpaired) electrons. The Morgan fingerprint density at radius 2 is 2.08 bits per heavy atom. The summed E-state index contributed by atoms with van der Waals surface area (Å²) in [6.45, 7) is 7.23. The van der Waals surface area contributed by atoms with Crippen molar-refractivity contribution in [2.75, 3.05) is 26.2 Å². The summed E-state index contributed by atoms with van der Waals surface area (Å²) in [6.07, 6.45) is 4.25. The third-order valence-corrected chi connectivity index (χ3v) is 3.90. The maximum Gasteiger partial charge on any atom is 0.00124 e. The molecule has 13 heavy (non-hydrogen) atoms. The largest absolute Gasteiger partial charge is 0.330 e. The molecule has 2 unspecified atom stereocenters. The highest BCUT2D eigenvalue weighted by Gasteiger charge is 2.34. The number of nitrogens with zero attached hydrogens (tertiary/aromatic N) is 1. The number of nitrogens with two attached hydrogens (primary N) is 1. The summed E-state index contributed by atoms with van der Waals surface area (Å²) in [4.78, 5) is 2.63. The van der Waals surface area contributed by atoms with Gasteiger partial charge in [0.25, 0.3) is 0 Å². The summed E-state index contributed by atoms with van der Waals surface area (Å²) in [5.41, 5.74) is 5.67. The molecular weight excluding hydrogens is 160 g/mol. The van der Waals surface area contributed by atoms with Crippen LogP contribution in [-0.2, 0) is 0 Å². The van der Waals surface area contributed by atoms with Crippen LogP contribution in [0.1, 0.15) is 26.2 Å². The first kappa shape index (κ1) is 9.47. The lowest BCUT2D eigenvalue weighted by atomic mass is 9.75. The van der Waals surface area contributed by atoms with Crippen LogP contribution in [0.25, 0.3) is 0 Å². The lowest BCUT2D eigenvalue weighted by molar-refractivity contribution is 0.0399. The number of rotatable bonds is 3. The van der Waals surface area contributed by atoms with Gasteiger partial charge in [-0.3, -0.25) is 0 Å². The van der Waals surface area contributed by atoms with E-state index in [-0.39, 0.29) is 0 Å². The molecule has 3 fully saturated rings. The van der Waals surface area contributed by atoms with Gasteiger partial charge in [-0.2, -0.15) is 0 Å². The molecule has 2 nitrogen and oxygen atoms in total.